The van der Waals surface area contributed by atoms with E-state index in [1.807, 2.05) is 18.2 Å². The average Bonchev–Trinajstić information content (AvgIpc) is 3.04. The van der Waals surface area contributed by atoms with Crippen LogP contribution in [0.3, 0.4) is 0 Å². The van der Waals surface area contributed by atoms with Gasteiger partial charge >= 0.3 is 6.03 Å². The van der Waals surface area contributed by atoms with E-state index in [2.05, 4.69) is 20.7 Å². The minimum Gasteiger partial charge on any atom is -0.396 e. The molecule has 1 fully saturated rings. The SMILES string of the molecule is O=C(Nc1cnn(-c2ccccn2)c1)NC1CCCCC1CO. The van der Waals surface area contributed by atoms with E-state index in [0.717, 1.165) is 25.7 Å². The van der Waals surface area contributed by atoms with Crippen LogP contribution in [0.5, 0.6) is 0 Å². The van der Waals surface area contributed by atoms with E-state index < -0.39 is 0 Å². The Labute approximate surface area is 134 Å². The van der Waals surface area contributed by atoms with Gasteiger partial charge in [-0.05, 0) is 25.0 Å². The number of hydrogen-bond donors (Lipinski definition) is 3. The number of rotatable bonds is 4. The molecule has 7 nitrogen and oxygen atoms in total. The van der Waals surface area contributed by atoms with Gasteiger partial charge in [-0.2, -0.15) is 5.10 Å². The summed E-state index contributed by atoms with van der Waals surface area (Å²) in [6.07, 6.45) is 9.05. The lowest BCUT2D eigenvalue weighted by molar-refractivity contribution is 0.156. The highest BCUT2D eigenvalue weighted by molar-refractivity contribution is 5.89. The lowest BCUT2D eigenvalue weighted by atomic mass is 9.85. The van der Waals surface area contributed by atoms with Crippen molar-refractivity contribution in [3.05, 3.63) is 36.8 Å². The van der Waals surface area contributed by atoms with Crippen molar-refractivity contribution in [1.82, 2.24) is 20.1 Å². The molecule has 0 aliphatic heterocycles. The minimum absolute atomic E-state index is 0.0274. The Bertz CT molecular complexity index is 643. The van der Waals surface area contributed by atoms with Crippen LogP contribution in [0.1, 0.15) is 25.7 Å². The molecule has 7 heteroatoms. The fourth-order valence-corrected chi connectivity index (χ4v) is 2.95. The van der Waals surface area contributed by atoms with Crippen molar-refractivity contribution >= 4 is 11.7 Å². The smallest absolute Gasteiger partial charge is 0.319 e. The molecule has 1 saturated carbocycles. The lowest BCUT2D eigenvalue weighted by Gasteiger charge is -2.30. The molecule has 0 saturated heterocycles. The van der Waals surface area contributed by atoms with Crippen LogP contribution in [-0.4, -0.2) is 38.6 Å². The molecule has 2 atom stereocenters. The summed E-state index contributed by atoms with van der Waals surface area (Å²) >= 11 is 0. The highest BCUT2D eigenvalue weighted by Crippen LogP contribution is 2.24. The Morgan fingerprint density at radius 3 is 3.00 bits per heavy atom. The number of aliphatic hydroxyl groups excluding tert-OH is 1. The van der Waals surface area contributed by atoms with E-state index in [1.165, 1.54) is 0 Å². The summed E-state index contributed by atoms with van der Waals surface area (Å²) in [5, 5.41) is 19.3. The highest BCUT2D eigenvalue weighted by atomic mass is 16.3. The molecule has 1 aliphatic carbocycles. The van der Waals surface area contributed by atoms with Gasteiger partial charge in [-0.25, -0.2) is 14.5 Å². The molecular weight excluding hydrogens is 294 g/mol. The fraction of sp³-hybridized carbons (Fsp3) is 0.438. The van der Waals surface area contributed by atoms with Gasteiger partial charge in [-0.3, -0.25) is 0 Å². The molecule has 0 bridgehead atoms. The number of carbonyl (C=O) groups excluding carboxylic acids is 1. The maximum atomic E-state index is 12.1. The normalized spacial score (nSPS) is 20.9. The number of nitrogens with one attached hydrogen (secondary N) is 2. The fourth-order valence-electron chi connectivity index (χ4n) is 2.95. The highest BCUT2D eigenvalue weighted by Gasteiger charge is 2.25. The van der Waals surface area contributed by atoms with E-state index in [4.69, 9.17) is 0 Å². The molecule has 2 unspecified atom stereocenters. The second-order valence-electron chi connectivity index (χ2n) is 5.79. The van der Waals surface area contributed by atoms with Crippen molar-refractivity contribution in [2.24, 2.45) is 5.92 Å². The zero-order valence-corrected chi connectivity index (χ0v) is 12.9. The molecule has 0 spiro atoms. The van der Waals surface area contributed by atoms with Crippen LogP contribution in [0.4, 0.5) is 10.5 Å². The van der Waals surface area contributed by atoms with Gasteiger partial charge in [0.25, 0.3) is 0 Å². The summed E-state index contributed by atoms with van der Waals surface area (Å²) in [7, 11) is 0. The summed E-state index contributed by atoms with van der Waals surface area (Å²) in [5.41, 5.74) is 0.601. The van der Waals surface area contributed by atoms with E-state index >= 15 is 0 Å². The zero-order valence-electron chi connectivity index (χ0n) is 12.9. The predicted molar refractivity (Wildman–Crippen MR) is 86.3 cm³/mol. The van der Waals surface area contributed by atoms with Crippen molar-refractivity contribution < 1.29 is 9.90 Å². The van der Waals surface area contributed by atoms with Gasteiger partial charge in [0.2, 0.25) is 0 Å². The molecule has 122 valence electrons. The molecule has 1 aliphatic rings. The first kappa shape index (κ1) is 15.5. The maximum Gasteiger partial charge on any atom is 0.319 e. The van der Waals surface area contributed by atoms with Gasteiger partial charge in [0.05, 0.1) is 18.1 Å². The summed E-state index contributed by atoms with van der Waals surface area (Å²) < 4.78 is 1.60. The van der Waals surface area contributed by atoms with Crippen LogP contribution >= 0.6 is 0 Å². The summed E-state index contributed by atoms with van der Waals surface area (Å²) in [4.78, 5) is 16.3. The second-order valence-corrected chi connectivity index (χ2v) is 5.79. The number of anilines is 1. The van der Waals surface area contributed by atoms with Crippen molar-refractivity contribution in [3.8, 4) is 5.82 Å². The van der Waals surface area contributed by atoms with Crippen LogP contribution < -0.4 is 10.6 Å². The van der Waals surface area contributed by atoms with E-state index in [0.29, 0.717) is 11.5 Å². The third kappa shape index (κ3) is 3.87. The van der Waals surface area contributed by atoms with Gasteiger partial charge in [0.1, 0.15) is 0 Å². The van der Waals surface area contributed by atoms with Gasteiger partial charge in [-0.15, -0.1) is 0 Å². The number of carbonyl (C=O) groups is 1. The maximum absolute atomic E-state index is 12.1. The molecule has 2 aromatic heterocycles. The summed E-state index contributed by atoms with van der Waals surface area (Å²) in [5.74, 6) is 0.833. The molecule has 2 aromatic rings. The number of nitrogens with zero attached hydrogens (tertiary/aromatic N) is 3. The Kier molecular flexibility index (Phi) is 4.87. The minimum atomic E-state index is -0.268. The van der Waals surface area contributed by atoms with Crippen molar-refractivity contribution in [3.63, 3.8) is 0 Å². The number of pyridine rings is 1. The number of aliphatic hydroxyl groups is 1. The molecule has 2 heterocycles. The number of aromatic nitrogens is 3. The molecule has 0 aromatic carbocycles. The van der Waals surface area contributed by atoms with Crippen LogP contribution in [0.25, 0.3) is 5.82 Å². The standard InChI is InChI=1S/C16H21N5O2/c22-11-12-5-1-2-6-14(12)20-16(23)19-13-9-18-21(10-13)15-7-3-4-8-17-15/h3-4,7-10,12,14,22H,1-2,5-6,11H2,(H2,19,20,23). The van der Waals surface area contributed by atoms with Crippen LogP contribution in [0, 0.1) is 5.92 Å². The third-order valence-corrected chi connectivity index (χ3v) is 4.18. The zero-order chi connectivity index (χ0) is 16.1. The monoisotopic (exact) mass is 315 g/mol. The van der Waals surface area contributed by atoms with Gasteiger partial charge in [0.15, 0.2) is 5.82 Å². The van der Waals surface area contributed by atoms with Gasteiger partial charge in [0, 0.05) is 24.8 Å². The predicted octanol–water partition coefficient (Wildman–Crippen LogP) is 1.94. The van der Waals surface area contributed by atoms with E-state index in [1.54, 1.807) is 23.3 Å². The van der Waals surface area contributed by atoms with Crippen LogP contribution in [0.15, 0.2) is 36.8 Å². The largest absolute Gasteiger partial charge is 0.396 e. The van der Waals surface area contributed by atoms with Gasteiger partial charge < -0.3 is 15.7 Å². The number of hydrogen-bond acceptors (Lipinski definition) is 4. The molecule has 23 heavy (non-hydrogen) atoms. The Morgan fingerprint density at radius 1 is 1.35 bits per heavy atom. The first-order valence-corrected chi connectivity index (χ1v) is 7.90. The first-order chi connectivity index (χ1) is 11.3. The molecular formula is C16H21N5O2. The Balaban J connectivity index is 1.59. The van der Waals surface area contributed by atoms with Crippen LogP contribution in [0.2, 0.25) is 0 Å². The van der Waals surface area contributed by atoms with E-state index in [-0.39, 0.29) is 24.6 Å². The van der Waals surface area contributed by atoms with E-state index in [9.17, 15) is 9.90 Å². The average molecular weight is 315 g/mol. The lowest BCUT2D eigenvalue weighted by Crippen LogP contribution is -2.45. The molecule has 0 radical (unpaired) electrons. The summed E-state index contributed by atoms with van der Waals surface area (Å²) in [6.45, 7) is 0.114. The molecule has 2 amide bonds. The van der Waals surface area contributed by atoms with Crippen LogP contribution in [-0.2, 0) is 0 Å². The van der Waals surface area contributed by atoms with Gasteiger partial charge in [-0.1, -0.05) is 18.9 Å². The topological polar surface area (TPSA) is 92.1 Å². The second kappa shape index (κ2) is 7.23. The Hall–Kier alpha value is -2.41. The molecule has 3 rings (SSSR count). The van der Waals surface area contributed by atoms with Crippen molar-refractivity contribution in [1.29, 1.82) is 0 Å². The Morgan fingerprint density at radius 2 is 2.22 bits per heavy atom. The third-order valence-electron chi connectivity index (χ3n) is 4.18. The molecule has 3 N–H and O–H groups in total. The summed E-state index contributed by atoms with van der Waals surface area (Å²) in [6, 6.07) is 5.31. The number of amides is 2. The first-order valence-electron chi connectivity index (χ1n) is 7.90. The van der Waals surface area contributed by atoms with Crippen molar-refractivity contribution in [2.75, 3.05) is 11.9 Å². The van der Waals surface area contributed by atoms with Crippen molar-refractivity contribution in [2.45, 2.75) is 31.7 Å². The quantitative estimate of drug-likeness (QED) is 0.804. The number of urea groups is 1.